The molecule has 2 fully saturated rings. The fourth-order valence-corrected chi connectivity index (χ4v) is 6.20. The maximum Gasteiger partial charge on any atom is 0.150 e. The van der Waals surface area contributed by atoms with Crippen molar-refractivity contribution in [1.29, 1.82) is 0 Å². The van der Waals surface area contributed by atoms with Gasteiger partial charge in [-0.05, 0) is 39.3 Å². The molecule has 0 radical (unpaired) electrons. The summed E-state index contributed by atoms with van der Waals surface area (Å²) in [5, 5.41) is 3.37. The van der Waals surface area contributed by atoms with Crippen LogP contribution in [0.5, 0.6) is 0 Å². The standard InChI is InChI=1S/C14H28N2O2S2/c1-15-14(13-10-19-8-7-16(13)2)11-5-4-6-12(9-11)20(3,17)18/h11-15H,4-10H2,1-3H3. The highest BCUT2D eigenvalue weighted by molar-refractivity contribution is 7.99. The minimum atomic E-state index is -2.89. The van der Waals surface area contributed by atoms with Crippen LogP contribution >= 0.6 is 11.8 Å². The van der Waals surface area contributed by atoms with Gasteiger partial charge in [0.15, 0.2) is 0 Å². The quantitative estimate of drug-likeness (QED) is 0.844. The fraction of sp³-hybridized carbons (Fsp3) is 1.00. The summed E-state index contributed by atoms with van der Waals surface area (Å²) in [7, 11) is 1.34. The van der Waals surface area contributed by atoms with Gasteiger partial charge in [0.05, 0.1) is 5.25 Å². The molecule has 1 aliphatic heterocycles. The van der Waals surface area contributed by atoms with Crippen molar-refractivity contribution in [1.82, 2.24) is 10.2 Å². The van der Waals surface area contributed by atoms with Crippen molar-refractivity contribution in [2.45, 2.75) is 43.0 Å². The van der Waals surface area contributed by atoms with Crippen LogP contribution in [0.3, 0.4) is 0 Å². The molecule has 6 heteroatoms. The van der Waals surface area contributed by atoms with Crippen molar-refractivity contribution in [3.8, 4) is 0 Å². The molecule has 0 amide bonds. The Kier molecular flexibility index (Phi) is 5.79. The van der Waals surface area contributed by atoms with Crippen LogP contribution in [0.1, 0.15) is 25.7 Å². The molecule has 1 saturated heterocycles. The Labute approximate surface area is 128 Å². The molecule has 1 N–H and O–H groups in total. The Hall–Kier alpha value is 0.220. The molecule has 4 atom stereocenters. The highest BCUT2D eigenvalue weighted by Gasteiger charge is 2.37. The summed E-state index contributed by atoms with van der Waals surface area (Å²) in [5.74, 6) is 2.85. The molecule has 4 unspecified atom stereocenters. The minimum Gasteiger partial charge on any atom is -0.315 e. The van der Waals surface area contributed by atoms with Gasteiger partial charge in [-0.3, -0.25) is 0 Å². The van der Waals surface area contributed by atoms with Crippen molar-refractivity contribution >= 4 is 21.6 Å². The minimum absolute atomic E-state index is 0.126. The third kappa shape index (κ3) is 3.90. The first-order chi connectivity index (χ1) is 9.43. The topological polar surface area (TPSA) is 49.4 Å². The Morgan fingerprint density at radius 3 is 2.70 bits per heavy atom. The van der Waals surface area contributed by atoms with Crippen LogP contribution in [-0.2, 0) is 9.84 Å². The van der Waals surface area contributed by atoms with E-state index in [0.29, 0.717) is 18.0 Å². The fourth-order valence-electron chi connectivity index (χ4n) is 3.72. The number of likely N-dealkylation sites (N-methyl/N-ethyl adjacent to an activating group) is 2. The third-order valence-corrected chi connectivity index (χ3v) is 7.66. The first-order valence-corrected chi connectivity index (χ1v) is 10.7. The van der Waals surface area contributed by atoms with Crippen molar-refractivity contribution in [2.24, 2.45) is 5.92 Å². The second-order valence-electron chi connectivity index (χ2n) is 6.32. The summed E-state index contributed by atoms with van der Waals surface area (Å²) in [6.45, 7) is 1.13. The first-order valence-electron chi connectivity index (χ1n) is 7.57. The molecule has 0 bridgehead atoms. The largest absolute Gasteiger partial charge is 0.315 e. The highest BCUT2D eigenvalue weighted by Crippen LogP contribution is 2.33. The van der Waals surface area contributed by atoms with Crippen molar-refractivity contribution in [3.05, 3.63) is 0 Å². The van der Waals surface area contributed by atoms with Crippen LogP contribution in [0.15, 0.2) is 0 Å². The predicted octanol–water partition coefficient (Wildman–Crippen LogP) is 1.23. The molecule has 20 heavy (non-hydrogen) atoms. The normalized spacial score (nSPS) is 34.9. The van der Waals surface area contributed by atoms with Crippen LogP contribution in [0.25, 0.3) is 0 Å². The van der Waals surface area contributed by atoms with Crippen molar-refractivity contribution in [2.75, 3.05) is 38.4 Å². The van der Waals surface area contributed by atoms with Gasteiger partial charge in [0.1, 0.15) is 9.84 Å². The van der Waals surface area contributed by atoms with E-state index in [1.165, 1.54) is 12.0 Å². The van der Waals surface area contributed by atoms with Crippen LogP contribution in [0, 0.1) is 5.92 Å². The van der Waals surface area contributed by atoms with Gasteiger partial charge in [-0.1, -0.05) is 6.42 Å². The van der Waals surface area contributed by atoms with Gasteiger partial charge in [-0.25, -0.2) is 8.42 Å². The lowest BCUT2D eigenvalue weighted by molar-refractivity contribution is 0.157. The van der Waals surface area contributed by atoms with Crippen LogP contribution in [-0.4, -0.2) is 69.1 Å². The Morgan fingerprint density at radius 1 is 1.35 bits per heavy atom. The first kappa shape index (κ1) is 16.6. The summed E-state index contributed by atoms with van der Waals surface area (Å²) >= 11 is 2.02. The van der Waals surface area contributed by atoms with Crippen molar-refractivity contribution < 1.29 is 8.42 Å². The maximum absolute atomic E-state index is 11.8. The number of thioether (sulfide) groups is 1. The molecule has 1 aliphatic carbocycles. The molecule has 0 spiro atoms. The zero-order chi connectivity index (χ0) is 14.8. The molecule has 0 aromatic rings. The molecule has 1 heterocycles. The van der Waals surface area contributed by atoms with Crippen LogP contribution in [0.4, 0.5) is 0 Å². The Balaban J connectivity index is 2.06. The number of hydrogen-bond donors (Lipinski definition) is 1. The van der Waals surface area contributed by atoms with E-state index in [1.807, 2.05) is 18.8 Å². The van der Waals surface area contributed by atoms with E-state index in [2.05, 4.69) is 17.3 Å². The summed E-state index contributed by atoms with van der Waals surface area (Å²) in [5.41, 5.74) is 0. The number of sulfone groups is 1. The van der Waals surface area contributed by atoms with Gasteiger partial charge in [-0.2, -0.15) is 11.8 Å². The Morgan fingerprint density at radius 2 is 2.10 bits per heavy atom. The van der Waals surface area contributed by atoms with E-state index in [1.54, 1.807) is 0 Å². The molecule has 1 saturated carbocycles. The predicted molar refractivity (Wildman–Crippen MR) is 87.2 cm³/mol. The lowest BCUT2D eigenvalue weighted by atomic mass is 9.80. The van der Waals surface area contributed by atoms with Gasteiger partial charge >= 0.3 is 0 Å². The molecule has 0 aromatic heterocycles. The SMILES string of the molecule is CNC(C1CCCC(S(C)(=O)=O)C1)C1CSCCN1C. The highest BCUT2D eigenvalue weighted by atomic mass is 32.2. The lowest BCUT2D eigenvalue weighted by Crippen LogP contribution is -2.56. The summed E-state index contributed by atoms with van der Waals surface area (Å²) in [4.78, 5) is 2.45. The second-order valence-corrected chi connectivity index (χ2v) is 9.79. The van der Waals surface area contributed by atoms with E-state index in [4.69, 9.17) is 0 Å². The lowest BCUT2D eigenvalue weighted by Gasteiger charge is -2.43. The second kappa shape index (κ2) is 6.99. The van der Waals surface area contributed by atoms with E-state index in [0.717, 1.165) is 38.0 Å². The van der Waals surface area contributed by atoms with E-state index >= 15 is 0 Å². The van der Waals surface area contributed by atoms with Gasteiger partial charge in [0.25, 0.3) is 0 Å². The third-order valence-electron chi connectivity index (χ3n) is 4.97. The molecular formula is C14H28N2O2S2. The average molecular weight is 321 g/mol. The molecule has 2 aliphatic rings. The van der Waals surface area contributed by atoms with Gasteiger partial charge in [-0.15, -0.1) is 0 Å². The number of hydrogen-bond acceptors (Lipinski definition) is 5. The van der Waals surface area contributed by atoms with Crippen LogP contribution < -0.4 is 5.32 Å². The molecular weight excluding hydrogens is 292 g/mol. The van der Waals surface area contributed by atoms with Gasteiger partial charge in [0, 0.05) is 36.4 Å². The van der Waals surface area contributed by atoms with Gasteiger partial charge < -0.3 is 10.2 Å². The molecule has 4 nitrogen and oxygen atoms in total. The number of nitrogens with zero attached hydrogens (tertiary/aromatic N) is 1. The van der Waals surface area contributed by atoms with Crippen molar-refractivity contribution in [3.63, 3.8) is 0 Å². The smallest absolute Gasteiger partial charge is 0.150 e. The summed E-state index contributed by atoms with van der Waals surface area (Å²) in [6, 6.07) is 0.944. The zero-order valence-electron chi connectivity index (χ0n) is 12.8. The summed E-state index contributed by atoms with van der Waals surface area (Å²) < 4.78 is 23.7. The Bertz CT molecular complexity index is 413. The zero-order valence-corrected chi connectivity index (χ0v) is 14.5. The van der Waals surface area contributed by atoms with E-state index in [9.17, 15) is 8.42 Å². The average Bonchev–Trinajstić information content (AvgIpc) is 2.41. The number of rotatable bonds is 4. The molecule has 2 rings (SSSR count). The van der Waals surface area contributed by atoms with Gasteiger partial charge in [0.2, 0.25) is 0 Å². The van der Waals surface area contributed by atoms with E-state index in [-0.39, 0.29) is 5.25 Å². The van der Waals surface area contributed by atoms with E-state index < -0.39 is 9.84 Å². The molecule has 118 valence electrons. The summed E-state index contributed by atoms with van der Waals surface area (Å²) in [6.07, 6.45) is 5.29. The maximum atomic E-state index is 11.8. The van der Waals surface area contributed by atoms with Crippen LogP contribution in [0.2, 0.25) is 0 Å². The molecule has 0 aromatic carbocycles. The number of nitrogens with one attached hydrogen (secondary N) is 1. The monoisotopic (exact) mass is 320 g/mol.